The van der Waals surface area contributed by atoms with Gasteiger partial charge in [0.2, 0.25) is 0 Å². The summed E-state index contributed by atoms with van der Waals surface area (Å²) in [5.41, 5.74) is 0.244. The molecule has 1 aromatic carbocycles. The molecule has 2 N–H and O–H groups in total. The van der Waals surface area contributed by atoms with Crippen LogP contribution in [0.1, 0.15) is 5.56 Å². The highest BCUT2D eigenvalue weighted by Gasteiger charge is 2.21. The zero-order chi connectivity index (χ0) is 13.0. The van der Waals surface area contributed by atoms with Crippen molar-refractivity contribution in [1.82, 2.24) is 10.6 Å². The fourth-order valence-corrected chi connectivity index (χ4v) is 1.70. The molecule has 18 heavy (non-hydrogen) atoms. The lowest BCUT2D eigenvalue weighted by Crippen LogP contribution is -2.47. The Morgan fingerprint density at radius 1 is 1.50 bits per heavy atom. The minimum absolute atomic E-state index is 0.0187. The number of carbonyl (C=O) groups is 1. The maximum atomic E-state index is 13.3. The van der Waals surface area contributed by atoms with E-state index in [9.17, 15) is 13.6 Å². The van der Waals surface area contributed by atoms with E-state index < -0.39 is 17.7 Å². The number of halogens is 2. The van der Waals surface area contributed by atoms with Gasteiger partial charge in [0.05, 0.1) is 6.61 Å². The van der Waals surface area contributed by atoms with Gasteiger partial charge in [-0.2, -0.15) is 0 Å². The Labute approximate surface area is 103 Å². The van der Waals surface area contributed by atoms with Crippen LogP contribution in [0, 0.1) is 11.6 Å². The van der Waals surface area contributed by atoms with Gasteiger partial charge in [0, 0.05) is 31.3 Å². The number of benzene rings is 1. The Morgan fingerprint density at radius 3 is 3.00 bits per heavy atom. The smallest absolute Gasteiger partial charge is 0.250 e. The Balaban J connectivity index is 1.88. The molecule has 0 saturated carbocycles. The molecular weight excluding hydrogens is 242 g/mol. The quantitative estimate of drug-likeness (QED) is 0.831. The summed E-state index contributed by atoms with van der Waals surface area (Å²) >= 11 is 0. The van der Waals surface area contributed by atoms with Gasteiger partial charge < -0.3 is 15.4 Å². The third-order valence-electron chi connectivity index (χ3n) is 2.69. The maximum absolute atomic E-state index is 13.3. The Hall–Kier alpha value is -1.53. The number of amides is 1. The molecule has 0 radical (unpaired) electrons. The fourth-order valence-electron chi connectivity index (χ4n) is 1.70. The molecule has 98 valence electrons. The van der Waals surface area contributed by atoms with E-state index in [4.69, 9.17) is 4.74 Å². The zero-order valence-electron chi connectivity index (χ0n) is 9.71. The van der Waals surface area contributed by atoms with Gasteiger partial charge >= 0.3 is 0 Å². The lowest BCUT2D eigenvalue weighted by molar-refractivity contribution is -0.134. The van der Waals surface area contributed by atoms with E-state index in [1.54, 1.807) is 0 Å². The molecule has 1 fully saturated rings. The largest absolute Gasteiger partial charge is 0.366 e. The summed E-state index contributed by atoms with van der Waals surface area (Å²) in [7, 11) is 0. The van der Waals surface area contributed by atoms with E-state index in [1.807, 2.05) is 0 Å². The average Bonchev–Trinajstić information content (AvgIpc) is 2.38. The molecule has 6 heteroatoms. The first-order valence-electron chi connectivity index (χ1n) is 5.71. The van der Waals surface area contributed by atoms with Crippen molar-refractivity contribution in [3.05, 3.63) is 35.4 Å². The predicted molar refractivity (Wildman–Crippen MR) is 60.8 cm³/mol. The summed E-state index contributed by atoms with van der Waals surface area (Å²) in [5, 5.41) is 5.59. The topological polar surface area (TPSA) is 50.4 Å². The molecule has 1 unspecified atom stereocenters. The molecule has 1 aliphatic heterocycles. The number of carbonyl (C=O) groups excluding carboxylic acids is 1. The molecule has 1 amide bonds. The van der Waals surface area contributed by atoms with E-state index in [0.29, 0.717) is 13.2 Å². The number of hydrogen-bond acceptors (Lipinski definition) is 3. The summed E-state index contributed by atoms with van der Waals surface area (Å²) in [4.78, 5) is 11.7. The number of nitrogens with one attached hydrogen (secondary N) is 2. The first-order valence-corrected chi connectivity index (χ1v) is 5.71. The van der Waals surface area contributed by atoms with Crippen molar-refractivity contribution in [1.29, 1.82) is 0 Å². The SMILES string of the molecule is O=C(NCc1ccc(F)cc1F)C1CNCCO1. The number of morpholine rings is 1. The third-order valence-corrected chi connectivity index (χ3v) is 2.69. The van der Waals surface area contributed by atoms with Crippen LogP contribution in [0.2, 0.25) is 0 Å². The average molecular weight is 256 g/mol. The minimum atomic E-state index is -0.669. The molecule has 2 rings (SSSR count). The van der Waals surface area contributed by atoms with Crippen LogP contribution in [0.5, 0.6) is 0 Å². The van der Waals surface area contributed by atoms with Gasteiger partial charge in [-0.15, -0.1) is 0 Å². The molecule has 0 bridgehead atoms. The van der Waals surface area contributed by atoms with Crippen LogP contribution < -0.4 is 10.6 Å². The van der Waals surface area contributed by atoms with Crippen molar-refractivity contribution in [3.8, 4) is 0 Å². The van der Waals surface area contributed by atoms with Crippen molar-refractivity contribution in [2.45, 2.75) is 12.6 Å². The molecule has 0 aromatic heterocycles. The van der Waals surface area contributed by atoms with E-state index >= 15 is 0 Å². The second-order valence-corrected chi connectivity index (χ2v) is 4.02. The summed E-state index contributed by atoms with van der Waals surface area (Å²) in [6.07, 6.45) is -0.553. The summed E-state index contributed by atoms with van der Waals surface area (Å²) < 4.78 is 31.2. The van der Waals surface area contributed by atoms with Crippen LogP contribution in [0.4, 0.5) is 8.78 Å². The van der Waals surface area contributed by atoms with Crippen molar-refractivity contribution in [2.75, 3.05) is 19.7 Å². The molecule has 0 spiro atoms. The monoisotopic (exact) mass is 256 g/mol. The standard InChI is InChI=1S/C12H14F2N2O2/c13-9-2-1-8(10(14)5-9)6-16-12(17)11-7-15-3-4-18-11/h1-2,5,11,15H,3-4,6-7H2,(H,16,17). The van der Waals surface area contributed by atoms with Crippen LogP contribution in [0.25, 0.3) is 0 Å². The number of rotatable bonds is 3. The zero-order valence-corrected chi connectivity index (χ0v) is 9.71. The molecular formula is C12H14F2N2O2. The predicted octanol–water partition coefficient (Wildman–Crippen LogP) is 0.569. The van der Waals surface area contributed by atoms with Gasteiger partial charge in [-0.25, -0.2) is 8.78 Å². The van der Waals surface area contributed by atoms with Crippen LogP contribution in [0.3, 0.4) is 0 Å². The second kappa shape index (κ2) is 5.88. The van der Waals surface area contributed by atoms with Gasteiger partial charge in [-0.1, -0.05) is 6.07 Å². The number of ether oxygens (including phenoxy) is 1. The van der Waals surface area contributed by atoms with Gasteiger partial charge in [-0.05, 0) is 6.07 Å². The Kier molecular flexibility index (Phi) is 4.22. The van der Waals surface area contributed by atoms with E-state index in [0.717, 1.165) is 18.7 Å². The molecule has 1 aliphatic rings. The van der Waals surface area contributed by atoms with Gasteiger partial charge in [0.1, 0.15) is 17.7 Å². The molecule has 1 heterocycles. The van der Waals surface area contributed by atoms with Gasteiger partial charge in [-0.3, -0.25) is 4.79 Å². The summed E-state index contributed by atoms with van der Waals surface area (Å²) in [6, 6.07) is 3.26. The van der Waals surface area contributed by atoms with Crippen LogP contribution >= 0.6 is 0 Å². The van der Waals surface area contributed by atoms with Gasteiger partial charge in [0.15, 0.2) is 0 Å². The van der Waals surface area contributed by atoms with Crippen LogP contribution in [-0.2, 0) is 16.1 Å². The molecule has 1 saturated heterocycles. The minimum Gasteiger partial charge on any atom is -0.366 e. The van der Waals surface area contributed by atoms with Gasteiger partial charge in [0.25, 0.3) is 5.91 Å². The van der Waals surface area contributed by atoms with Crippen LogP contribution in [-0.4, -0.2) is 31.7 Å². The fraction of sp³-hybridized carbons (Fsp3) is 0.417. The lowest BCUT2D eigenvalue weighted by atomic mass is 10.2. The summed E-state index contributed by atoms with van der Waals surface area (Å²) in [6.45, 7) is 1.65. The second-order valence-electron chi connectivity index (χ2n) is 4.02. The first-order chi connectivity index (χ1) is 8.66. The first kappa shape index (κ1) is 12.9. The van der Waals surface area contributed by atoms with Crippen molar-refractivity contribution >= 4 is 5.91 Å². The van der Waals surface area contributed by atoms with E-state index in [-0.39, 0.29) is 18.0 Å². The molecule has 0 aliphatic carbocycles. The molecule has 1 aromatic rings. The molecule has 4 nitrogen and oxygen atoms in total. The third kappa shape index (κ3) is 3.24. The highest BCUT2D eigenvalue weighted by atomic mass is 19.1. The Morgan fingerprint density at radius 2 is 2.33 bits per heavy atom. The highest BCUT2D eigenvalue weighted by Crippen LogP contribution is 2.09. The number of hydrogen-bond donors (Lipinski definition) is 2. The van der Waals surface area contributed by atoms with Crippen molar-refractivity contribution in [2.24, 2.45) is 0 Å². The lowest BCUT2D eigenvalue weighted by Gasteiger charge is -2.22. The molecule has 1 atom stereocenters. The van der Waals surface area contributed by atoms with E-state index in [2.05, 4.69) is 10.6 Å². The normalized spacial score (nSPS) is 19.6. The summed E-state index contributed by atoms with van der Waals surface area (Å²) in [5.74, 6) is -1.61. The van der Waals surface area contributed by atoms with Crippen molar-refractivity contribution in [3.63, 3.8) is 0 Å². The Bertz CT molecular complexity index is 434. The van der Waals surface area contributed by atoms with E-state index in [1.165, 1.54) is 6.07 Å². The maximum Gasteiger partial charge on any atom is 0.250 e. The van der Waals surface area contributed by atoms with Crippen molar-refractivity contribution < 1.29 is 18.3 Å². The van der Waals surface area contributed by atoms with Crippen LogP contribution in [0.15, 0.2) is 18.2 Å². The highest BCUT2D eigenvalue weighted by molar-refractivity contribution is 5.81.